The number of nitrogens with zero attached hydrogens (tertiary/aromatic N) is 4. The number of methoxy groups -OCH3 is 1. The predicted molar refractivity (Wildman–Crippen MR) is 77.4 cm³/mol. The molecule has 6 nitrogen and oxygen atoms in total. The minimum absolute atomic E-state index is 0.309. The monoisotopic (exact) mass is 289 g/mol. The van der Waals surface area contributed by atoms with Crippen LogP contribution in [0.3, 0.4) is 0 Å². The number of nitrogens with two attached hydrogens (primary N) is 1. The number of nitrogen functional groups attached to an aromatic ring is 1. The molecule has 2 aromatic heterocycles. The molecule has 7 heteroatoms. The topological polar surface area (TPSA) is 78.8 Å². The van der Waals surface area contributed by atoms with Crippen LogP contribution in [-0.2, 0) is 0 Å². The first kappa shape index (κ1) is 12.7. The number of hydrogen-bond donors (Lipinski definition) is 1. The molecule has 2 N–H and O–H groups in total. The van der Waals surface area contributed by atoms with E-state index in [2.05, 4.69) is 15.0 Å². The van der Waals surface area contributed by atoms with Crippen LogP contribution >= 0.6 is 11.6 Å². The maximum Gasteiger partial charge on any atom is 0.245 e. The third kappa shape index (κ3) is 1.77. The first-order chi connectivity index (χ1) is 9.63. The van der Waals surface area contributed by atoms with Crippen LogP contribution in [0.2, 0.25) is 5.02 Å². The summed E-state index contributed by atoms with van der Waals surface area (Å²) in [6.45, 7) is 1.92. The molecular formula is C13H12ClN5O. The van der Waals surface area contributed by atoms with Gasteiger partial charge in [-0.05, 0) is 24.6 Å². The number of ether oxygens (including phenoxy) is 1. The van der Waals surface area contributed by atoms with Gasteiger partial charge in [0.25, 0.3) is 0 Å². The molecule has 0 unspecified atom stereocenters. The third-order valence-electron chi connectivity index (χ3n) is 3.11. The highest BCUT2D eigenvalue weighted by Crippen LogP contribution is 2.29. The second-order valence-corrected chi connectivity index (χ2v) is 4.65. The molecule has 0 radical (unpaired) electrons. The zero-order valence-corrected chi connectivity index (χ0v) is 11.7. The van der Waals surface area contributed by atoms with Gasteiger partial charge in [-0.25, -0.2) is 9.97 Å². The molecule has 3 aromatic rings. The first-order valence-electron chi connectivity index (χ1n) is 5.92. The average molecular weight is 290 g/mol. The van der Waals surface area contributed by atoms with E-state index in [0.29, 0.717) is 28.0 Å². The van der Waals surface area contributed by atoms with E-state index in [1.807, 2.05) is 25.1 Å². The van der Waals surface area contributed by atoms with E-state index in [1.165, 1.54) is 13.4 Å². The number of rotatable bonds is 2. The fourth-order valence-electron chi connectivity index (χ4n) is 2.11. The summed E-state index contributed by atoms with van der Waals surface area (Å²) in [7, 11) is 1.53. The molecule has 2 heterocycles. The summed E-state index contributed by atoms with van der Waals surface area (Å²) in [6.07, 6.45) is 1.42. The molecule has 0 bridgehead atoms. The number of benzene rings is 1. The van der Waals surface area contributed by atoms with Gasteiger partial charge in [-0.3, -0.25) is 4.57 Å². The van der Waals surface area contributed by atoms with E-state index in [9.17, 15) is 0 Å². The second-order valence-electron chi connectivity index (χ2n) is 4.24. The summed E-state index contributed by atoms with van der Waals surface area (Å²) in [5.41, 5.74) is 8.85. The molecule has 0 aliphatic heterocycles. The summed E-state index contributed by atoms with van der Waals surface area (Å²) in [6, 6.07) is 5.59. The molecule has 0 atom stereocenters. The van der Waals surface area contributed by atoms with E-state index >= 15 is 0 Å². The summed E-state index contributed by atoms with van der Waals surface area (Å²) >= 11 is 6.16. The van der Waals surface area contributed by atoms with Gasteiger partial charge < -0.3 is 10.5 Å². The first-order valence-corrected chi connectivity index (χ1v) is 6.29. The molecule has 0 saturated carbocycles. The van der Waals surface area contributed by atoms with E-state index in [4.69, 9.17) is 22.1 Å². The van der Waals surface area contributed by atoms with E-state index in [0.717, 1.165) is 11.3 Å². The number of hydrogen-bond acceptors (Lipinski definition) is 5. The van der Waals surface area contributed by atoms with Crippen molar-refractivity contribution in [3.8, 4) is 11.6 Å². The van der Waals surface area contributed by atoms with Gasteiger partial charge in [-0.2, -0.15) is 4.98 Å². The third-order valence-corrected chi connectivity index (χ3v) is 3.52. The van der Waals surface area contributed by atoms with E-state index in [-0.39, 0.29) is 0 Å². The Morgan fingerprint density at radius 2 is 2.10 bits per heavy atom. The molecular weight excluding hydrogens is 278 g/mol. The minimum Gasteiger partial charge on any atom is -0.479 e. The summed E-state index contributed by atoms with van der Waals surface area (Å²) in [5, 5.41) is 0.657. The van der Waals surface area contributed by atoms with Crippen LogP contribution in [0.5, 0.6) is 5.88 Å². The van der Waals surface area contributed by atoms with Gasteiger partial charge >= 0.3 is 0 Å². The predicted octanol–water partition coefficient (Wildman–Crippen LogP) is 2.37. The lowest BCUT2D eigenvalue weighted by atomic mass is 10.2. The lowest BCUT2D eigenvalue weighted by Gasteiger charge is -2.10. The van der Waals surface area contributed by atoms with Crippen molar-refractivity contribution in [2.75, 3.05) is 12.8 Å². The van der Waals surface area contributed by atoms with Crippen LogP contribution < -0.4 is 10.5 Å². The largest absolute Gasteiger partial charge is 0.479 e. The average Bonchev–Trinajstić information content (AvgIpc) is 2.78. The van der Waals surface area contributed by atoms with Crippen molar-refractivity contribution >= 4 is 28.7 Å². The van der Waals surface area contributed by atoms with Crippen molar-refractivity contribution in [2.45, 2.75) is 6.92 Å². The Morgan fingerprint density at radius 1 is 1.30 bits per heavy atom. The highest BCUT2D eigenvalue weighted by Gasteiger charge is 2.17. The van der Waals surface area contributed by atoms with E-state index in [1.54, 1.807) is 4.57 Å². The number of halogens is 1. The van der Waals surface area contributed by atoms with Crippen LogP contribution in [0, 0.1) is 6.92 Å². The minimum atomic E-state index is 0.309. The van der Waals surface area contributed by atoms with Gasteiger partial charge in [-0.15, -0.1) is 0 Å². The number of imidazole rings is 1. The number of fused-ring (bicyclic) bond motifs is 1. The number of anilines is 1. The molecule has 0 saturated heterocycles. The quantitative estimate of drug-likeness (QED) is 0.783. The maximum atomic E-state index is 6.16. The van der Waals surface area contributed by atoms with Crippen molar-refractivity contribution in [1.29, 1.82) is 0 Å². The fraction of sp³-hybridized carbons (Fsp3) is 0.154. The van der Waals surface area contributed by atoms with Gasteiger partial charge in [0.2, 0.25) is 11.8 Å². The van der Waals surface area contributed by atoms with Gasteiger partial charge in [0, 0.05) is 5.02 Å². The highest BCUT2D eigenvalue weighted by molar-refractivity contribution is 6.31. The SMILES string of the molecule is COc1ncnc2c1nc(N)n2-c1cccc(Cl)c1C. The Kier molecular flexibility index (Phi) is 2.94. The summed E-state index contributed by atoms with van der Waals surface area (Å²) in [4.78, 5) is 12.5. The molecule has 3 rings (SSSR count). The smallest absolute Gasteiger partial charge is 0.245 e. The normalized spacial score (nSPS) is 10.9. The maximum absolute atomic E-state index is 6.16. The number of aromatic nitrogens is 4. The summed E-state index contributed by atoms with van der Waals surface area (Å²) in [5.74, 6) is 0.698. The molecule has 0 amide bonds. The Morgan fingerprint density at radius 3 is 2.85 bits per heavy atom. The van der Waals surface area contributed by atoms with Crippen LogP contribution in [0.1, 0.15) is 5.56 Å². The second kappa shape index (κ2) is 4.64. The Balaban J connectivity index is 2.37. The van der Waals surface area contributed by atoms with Gasteiger partial charge in [0.05, 0.1) is 12.8 Å². The van der Waals surface area contributed by atoms with E-state index < -0.39 is 0 Å². The van der Waals surface area contributed by atoms with Crippen LogP contribution in [0.4, 0.5) is 5.95 Å². The Bertz CT molecular complexity index is 799. The Labute approximate surface area is 120 Å². The molecule has 102 valence electrons. The zero-order chi connectivity index (χ0) is 14.3. The van der Waals surface area contributed by atoms with Crippen LogP contribution in [0.25, 0.3) is 16.9 Å². The lowest BCUT2D eigenvalue weighted by Crippen LogP contribution is -2.03. The zero-order valence-electron chi connectivity index (χ0n) is 11.0. The van der Waals surface area contributed by atoms with Crippen molar-refractivity contribution in [3.63, 3.8) is 0 Å². The molecule has 1 aromatic carbocycles. The molecule has 0 fully saturated rings. The Hall–Kier alpha value is -2.34. The van der Waals surface area contributed by atoms with Crippen molar-refractivity contribution in [1.82, 2.24) is 19.5 Å². The molecule has 20 heavy (non-hydrogen) atoms. The molecule has 0 aliphatic carbocycles. The van der Waals surface area contributed by atoms with Crippen molar-refractivity contribution < 1.29 is 4.74 Å². The van der Waals surface area contributed by atoms with Gasteiger partial charge in [0.1, 0.15) is 6.33 Å². The molecule has 0 spiro atoms. The van der Waals surface area contributed by atoms with Crippen molar-refractivity contribution in [3.05, 3.63) is 35.1 Å². The van der Waals surface area contributed by atoms with Crippen LogP contribution in [-0.4, -0.2) is 26.6 Å². The van der Waals surface area contributed by atoms with Gasteiger partial charge in [0.15, 0.2) is 11.2 Å². The lowest BCUT2D eigenvalue weighted by molar-refractivity contribution is 0.401. The fourth-order valence-corrected chi connectivity index (χ4v) is 2.28. The standard InChI is InChI=1S/C13H12ClN5O/c1-7-8(14)4-3-5-9(7)19-11-10(18-13(19)15)12(20-2)17-6-16-11/h3-6H,1-2H3,(H2,15,18). The van der Waals surface area contributed by atoms with Gasteiger partial charge in [-0.1, -0.05) is 17.7 Å². The van der Waals surface area contributed by atoms with Crippen molar-refractivity contribution in [2.24, 2.45) is 0 Å². The highest BCUT2D eigenvalue weighted by atomic mass is 35.5. The van der Waals surface area contributed by atoms with Crippen LogP contribution in [0.15, 0.2) is 24.5 Å². The molecule has 0 aliphatic rings. The summed E-state index contributed by atoms with van der Waals surface area (Å²) < 4.78 is 6.91.